The van der Waals surface area contributed by atoms with Crippen LogP contribution in [0.3, 0.4) is 0 Å². The minimum Gasteiger partial charge on any atom is -0.375 e. The van der Waals surface area contributed by atoms with Crippen molar-refractivity contribution in [1.29, 1.82) is 0 Å². The molecule has 2 rings (SSSR count). The summed E-state index contributed by atoms with van der Waals surface area (Å²) in [5.74, 6) is 1.65. The second-order valence-corrected chi connectivity index (χ2v) is 10.2. The van der Waals surface area contributed by atoms with E-state index in [-0.39, 0.29) is 12.3 Å². The maximum atomic E-state index is 11.2. The third kappa shape index (κ3) is 6.88. The quantitative estimate of drug-likeness (QED) is 0.250. The summed E-state index contributed by atoms with van der Waals surface area (Å²) in [7, 11) is 0. The van der Waals surface area contributed by atoms with E-state index in [1.807, 2.05) is 6.92 Å². The lowest BCUT2D eigenvalue weighted by molar-refractivity contribution is -0.235. The van der Waals surface area contributed by atoms with Crippen molar-refractivity contribution in [2.45, 2.75) is 105 Å². The molecule has 1 N–H and O–H groups in total. The van der Waals surface area contributed by atoms with Crippen LogP contribution in [-0.4, -0.2) is 23.4 Å². The minimum atomic E-state index is -0.544. The first-order chi connectivity index (χ1) is 13.3. The Morgan fingerprint density at radius 3 is 2.79 bits per heavy atom. The number of rotatable bonds is 11. The van der Waals surface area contributed by atoms with E-state index in [0.29, 0.717) is 35.4 Å². The minimum absolute atomic E-state index is 0.212. The molecular weight excluding hydrogens is 352 g/mol. The molecule has 6 atom stereocenters. The van der Waals surface area contributed by atoms with Crippen molar-refractivity contribution in [1.82, 2.24) is 0 Å². The molecule has 0 aromatic rings. The van der Waals surface area contributed by atoms with Gasteiger partial charge in [0.05, 0.1) is 18.6 Å². The summed E-state index contributed by atoms with van der Waals surface area (Å²) < 4.78 is 6.37. The molecular formula is C24H42O4. The standard InChI is InChI=1S/C24H42O4/c1-6-7-12-24(4,5)13-8-9-20-18(3)15-22-21(20)16-19(27-22)11-10-17(2)14-23(25)28-26/h8-9,17-22,26H,6-7,10-16H2,1-5H3/t17?,18-,19+,20-,21-,22+/m1/s1. The fraction of sp³-hybridized carbons (Fsp3) is 0.875. The zero-order valence-corrected chi connectivity index (χ0v) is 18.7. The predicted molar refractivity (Wildman–Crippen MR) is 113 cm³/mol. The molecule has 2 aliphatic rings. The van der Waals surface area contributed by atoms with Gasteiger partial charge < -0.3 is 9.62 Å². The Morgan fingerprint density at radius 2 is 2.11 bits per heavy atom. The third-order valence-electron chi connectivity index (χ3n) is 6.97. The maximum Gasteiger partial charge on any atom is 0.342 e. The SMILES string of the molecule is CCCCC(C)(C)CC=C[C@H]1[C@H]2C[C@H](CCC(C)CC(=O)OO)O[C@H]2C[C@H]1C. The topological polar surface area (TPSA) is 55.8 Å². The number of hydrogen-bond acceptors (Lipinski definition) is 4. The molecule has 0 spiro atoms. The molecule has 0 aromatic carbocycles. The van der Waals surface area contributed by atoms with Crippen molar-refractivity contribution < 1.29 is 19.7 Å². The molecule has 1 aliphatic heterocycles. The van der Waals surface area contributed by atoms with Crippen LogP contribution in [-0.2, 0) is 14.4 Å². The number of hydrogen-bond donors (Lipinski definition) is 1. The van der Waals surface area contributed by atoms with Gasteiger partial charge in [0.25, 0.3) is 0 Å². The van der Waals surface area contributed by atoms with E-state index in [0.717, 1.165) is 25.7 Å². The first kappa shape index (κ1) is 23.4. The van der Waals surface area contributed by atoms with Crippen LogP contribution in [0.4, 0.5) is 0 Å². The largest absolute Gasteiger partial charge is 0.375 e. The third-order valence-corrected chi connectivity index (χ3v) is 6.97. The van der Waals surface area contributed by atoms with E-state index in [9.17, 15) is 4.79 Å². The van der Waals surface area contributed by atoms with Gasteiger partial charge >= 0.3 is 5.97 Å². The van der Waals surface area contributed by atoms with Crippen LogP contribution in [0.25, 0.3) is 0 Å². The average molecular weight is 395 g/mol. The highest BCUT2D eigenvalue weighted by atomic mass is 17.1. The second-order valence-electron chi connectivity index (χ2n) is 10.2. The van der Waals surface area contributed by atoms with Crippen LogP contribution in [0.15, 0.2) is 12.2 Å². The van der Waals surface area contributed by atoms with Crippen molar-refractivity contribution in [2.24, 2.45) is 29.1 Å². The summed E-state index contributed by atoms with van der Waals surface area (Å²) >= 11 is 0. The maximum absolute atomic E-state index is 11.2. The van der Waals surface area contributed by atoms with Crippen LogP contribution in [0, 0.1) is 29.1 Å². The Bertz CT molecular complexity index is 513. The number of unbranched alkanes of at least 4 members (excludes halogenated alkanes) is 1. The Morgan fingerprint density at radius 1 is 1.36 bits per heavy atom. The highest BCUT2D eigenvalue weighted by Gasteiger charge is 2.46. The Kier molecular flexibility index (Phi) is 9.01. The number of allylic oxidation sites excluding steroid dienone is 2. The van der Waals surface area contributed by atoms with Gasteiger partial charge in [-0.2, -0.15) is 5.26 Å². The molecule has 28 heavy (non-hydrogen) atoms. The van der Waals surface area contributed by atoms with Gasteiger partial charge in [-0.15, -0.1) is 0 Å². The molecule has 162 valence electrons. The molecule has 1 saturated heterocycles. The Hall–Kier alpha value is -0.870. The van der Waals surface area contributed by atoms with E-state index in [1.54, 1.807) is 0 Å². The molecule has 2 fully saturated rings. The highest BCUT2D eigenvalue weighted by Crippen LogP contribution is 2.48. The van der Waals surface area contributed by atoms with Gasteiger partial charge in [-0.25, -0.2) is 4.79 Å². The molecule has 0 bridgehead atoms. The van der Waals surface area contributed by atoms with Crippen molar-refractivity contribution in [2.75, 3.05) is 0 Å². The molecule has 1 aliphatic carbocycles. The van der Waals surface area contributed by atoms with Crippen LogP contribution < -0.4 is 0 Å². The van der Waals surface area contributed by atoms with Crippen molar-refractivity contribution >= 4 is 5.97 Å². The molecule has 4 nitrogen and oxygen atoms in total. The summed E-state index contributed by atoms with van der Waals surface area (Å²) in [6.07, 6.45) is 15.2. The lowest BCUT2D eigenvalue weighted by atomic mass is 9.82. The number of carbonyl (C=O) groups excluding carboxylic acids is 1. The first-order valence-corrected chi connectivity index (χ1v) is 11.4. The summed E-state index contributed by atoms with van der Waals surface area (Å²) in [5.41, 5.74) is 0.397. The van der Waals surface area contributed by atoms with E-state index in [4.69, 9.17) is 9.99 Å². The monoisotopic (exact) mass is 394 g/mol. The molecule has 0 amide bonds. The number of fused-ring (bicyclic) bond motifs is 1. The van der Waals surface area contributed by atoms with Gasteiger partial charge in [0.15, 0.2) is 0 Å². The molecule has 0 aromatic heterocycles. The van der Waals surface area contributed by atoms with Crippen molar-refractivity contribution in [3.8, 4) is 0 Å². The predicted octanol–water partition coefficient (Wildman–Crippen LogP) is 6.40. The lowest BCUT2D eigenvalue weighted by Gasteiger charge is -2.23. The molecule has 1 heterocycles. The number of ether oxygens (including phenoxy) is 1. The fourth-order valence-electron chi connectivity index (χ4n) is 5.15. The molecule has 0 radical (unpaired) electrons. The second kappa shape index (κ2) is 10.8. The van der Waals surface area contributed by atoms with Crippen LogP contribution >= 0.6 is 0 Å². The highest BCUT2D eigenvalue weighted by molar-refractivity contribution is 5.68. The summed E-state index contributed by atoms with van der Waals surface area (Å²) in [6.45, 7) is 11.4. The molecule has 4 heteroatoms. The first-order valence-electron chi connectivity index (χ1n) is 11.4. The summed E-state index contributed by atoms with van der Waals surface area (Å²) in [6, 6.07) is 0. The van der Waals surface area contributed by atoms with Crippen molar-refractivity contribution in [3.05, 3.63) is 12.2 Å². The average Bonchev–Trinajstić information content (AvgIpc) is 3.15. The summed E-state index contributed by atoms with van der Waals surface area (Å²) in [4.78, 5) is 15.0. The van der Waals surface area contributed by atoms with Gasteiger partial charge in [0.2, 0.25) is 0 Å². The zero-order chi connectivity index (χ0) is 20.7. The van der Waals surface area contributed by atoms with E-state index < -0.39 is 5.97 Å². The Labute approximate surface area is 172 Å². The zero-order valence-electron chi connectivity index (χ0n) is 18.7. The van der Waals surface area contributed by atoms with Gasteiger partial charge in [-0.3, -0.25) is 0 Å². The van der Waals surface area contributed by atoms with Gasteiger partial charge in [-0.1, -0.05) is 59.6 Å². The molecule has 1 saturated carbocycles. The molecule has 1 unspecified atom stereocenters. The smallest absolute Gasteiger partial charge is 0.342 e. The van der Waals surface area contributed by atoms with E-state index in [1.165, 1.54) is 25.7 Å². The number of carbonyl (C=O) groups is 1. The lowest BCUT2D eigenvalue weighted by Crippen LogP contribution is -2.15. The van der Waals surface area contributed by atoms with Crippen LogP contribution in [0.1, 0.15) is 92.4 Å². The normalized spacial score (nSPS) is 31.3. The van der Waals surface area contributed by atoms with Crippen LogP contribution in [0.2, 0.25) is 0 Å². The van der Waals surface area contributed by atoms with Gasteiger partial charge in [0.1, 0.15) is 0 Å². The summed E-state index contributed by atoms with van der Waals surface area (Å²) in [5, 5.41) is 8.41. The Balaban J connectivity index is 1.80. The van der Waals surface area contributed by atoms with Gasteiger partial charge in [-0.05, 0) is 67.6 Å². The van der Waals surface area contributed by atoms with E-state index in [2.05, 4.69) is 44.7 Å². The van der Waals surface area contributed by atoms with Gasteiger partial charge in [0, 0.05) is 0 Å². The van der Waals surface area contributed by atoms with E-state index >= 15 is 0 Å². The van der Waals surface area contributed by atoms with Crippen LogP contribution in [0.5, 0.6) is 0 Å². The fourth-order valence-corrected chi connectivity index (χ4v) is 5.15. The van der Waals surface area contributed by atoms with Crippen molar-refractivity contribution in [3.63, 3.8) is 0 Å².